The van der Waals surface area contributed by atoms with Crippen molar-refractivity contribution in [2.24, 2.45) is 0 Å². The van der Waals surface area contributed by atoms with Crippen LogP contribution in [-0.2, 0) is 13.0 Å². The molecule has 170 valence electrons. The van der Waals surface area contributed by atoms with Gasteiger partial charge in [0.25, 0.3) is 11.8 Å². The van der Waals surface area contributed by atoms with Gasteiger partial charge in [0.05, 0.1) is 40.9 Å². The fourth-order valence-corrected chi connectivity index (χ4v) is 4.32. The molecule has 2 aliphatic rings. The molecule has 33 heavy (non-hydrogen) atoms. The lowest BCUT2D eigenvalue weighted by Gasteiger charge is -2.33. The molecule has 5 nitrogen and oxygen atoms in total. The summed E-state index contributed by atoms with van der Waals surface area (Å²) in [5, 5.41) is 2.70. The van der Waals surface area contributed by atoms with Gasteiger partial charge >= 0.3 is 0 Å². The van der Waals surface area contributed by atoms with Crippen LogP contribution in [0.3, 0.4) is 0 Å². The van der Waals surface area contributed by atoms with Gasteiger partial charge in [-0.2, -0.15) is 0 Å². The molecule has 1 N–H and O–H groups in total. The lowest BCUT2D eigenvalue weighted by atomic mass is 9.98. The highest BCUT2D eigenvalue weighted by molar-refractivity contribution is 5.99. The molecule has 5 rings (SSSR count). The number of halogens is 4. The van der Waals surface area contributed by atoms with Crippen molar-refractivity contribution >= 4 is 11.6 Å². The van der Waals surface area contributed by atoms with Crippen molar-refractivity contribution in [3.05, 3.63) is 76.7 Å². The van der Waals surface area contributed by atoms with E-state index in [1.54, 1.807) is 12.3 Å². The Morgan fingerprint density at radius 1 is 1.03 bits per heavy atom. The van der Waals surface area contributed by atoms with Crippen LogP contribution in [0, 0.1) is 11.6 Å². The van der Waals surface area contributed by atoms with E-state index in [2.05, 4.69) is 15.3 Å². The third-order valence-electron chi connectivity index (χ3n) is 6.08. The van der Waals surface area contributed by atoms with E-state index in [9.17, 15) is 22.4 Å². The van der Waals surface area contributed by atoms with E-state index in [0.29, 0.717) is 22.5 Å². The van der Waals surface area contributed by atoms with Crippen LogP contribution in [0.5, 0.6) is 0 Å². The summed E-state index contributed by atoms with van der Waals surface area (Å²) in [4.78, 5) is 23.0. The van der Waals surface area contributed by atoms with E-state index >= 15 is 0 Å². The molecule has 1 saturated heterocycles. The van der Waals surface area contributed by atoms with Crippen molar-refractivity contribution in [3.8, 4) is 11.3 Å². The summed E-state index contributed by atoms with van der Waals surface area (Å²) >= 11 is 0. The zero-order chi connectivity index (χ0) is 23.2. The molecule has 2 aliphatic heterocycles. The number of carbonyl (C=O) groups is 1. The molecule has 0 radical (unpaired) electrons. The summed E-state index contributed by atoms with van der Waals surface area (Å²) in [5.74, 6) is -4.39. The van der Waals surface area contributed by atoms with Crippen LogP contribution in [0.15, 0.2) is 42.6 Å². The third kappa shape index (κ3) is 4.15. The first kappa shape index (κ1) is 21.4. The Labute approximate surface area is 187 Å². The molecule has 3 aromatic rings. The van der Waals surface area contributed by atoms with Crippen LogP contribution >= 0.6 is 0 Å². The van der Waals surface area contributed by atoms with Gasteiger partial charge in [0, 0.05) is 38.0 Å². The molecule has 0 saturated carbocycles. The van der Waals surface area contributed by atoms with E-state index in [4.69, 9.17) is 0 Å². The number of alkyl halides is 2. The van der Waals surface area contributed by atoms with Crippen molar-refractivity contribution in [1.29, 1.82) is 0 Å². The SMILES string of the molecule is O=C1NCc2nc(-c3c(F)cccc3F)cc(Cc3ccc(N4CCC(F)(F)CC4)cn3)c21. The Morgan fingerprint density at radius 3 is 2.42 bits per heavy atom. The maximum atomic E-state index is 14.4. The number of pyridine rings is 2. The topological polar surface area (TPSA) is 58.1 Å². The summed E-state index contributed by atoms with van der Waals surface area (Å²) in [7, 11) is 0. The summed E-state index contributed by atoms with van der Waals surface area (Å²) in [6.45, 7) is 0.685. The van der Waals surface area contributed by atoms with Crippen LogP contribution < -0.4 is 10.2 Å². The van der Waals surface area contributed by atoms with E-state index in [0.717, 1.165) is 17.8 Å². The number of piperidine rings is 1. The van der Waals surface area contributed by atoms with E-state index in [1.165, 1.54) is 12.1 Å². The summed E-state index contributed by atoms with van der Waals surface area (Å²) in [5.41, 5.74) is 2.63. The Morgan fingerprint density at radius 2 is 1.76 bits per heavy atom. The van der Waals surface area contributed by atoms with Gasteiger partial charge in [-0.3, -0.25) is 9.78 Å². The number of hydrogen-bond donors (Lipinski definition) is 1. The van der Waals surface area contributed by atoms with Crippen LogP contribution in [0.2, 0.25) is 0 Å². The number of nitrogens with zero attached hydrogens (tertiary/aromatic N) is 3. The number of rotatable bonds is 4. The van der Waals surface area contributed by atoms with Gasteiger partial charge in [-0.1, -0.05) is 6.07 Å². The van der Waals surface area contributed by atoms with Gasteiger partial charge in [0.15, 0.2) is 0 Å². The standard InChI is InChI=1S/C24H20F4N4O/c25-17-2-1-3-18(26)22(17)19-11-14(21-20(31-19)13-30-23(21)33)10-15-4-5-16(12-29-15)32-8-6-24(27,28)7-9-32/h1-5,11-12H,6-10,13H2,(H,30,33). The van der Waals surface area contributed by atoms with E-state index < -0.39 is 17.6 Å². The minimum Gasteiger partial charge on any atom is -0.370 e. The van der Waals surface area contributed by atoms with E-state index in [-0.39, 0.29) is 56.1 Å². The maximum absolute atomic E-state index is 14.4. The first-order valence-electron chi connectivity index (χ1n) is 10.6. The number of carbonyl (C=O) groups excluding carboxylic acids is 1. The zero-order valence-electron chi connectivity index (χ0n) is 17.5. The first-order chi connectivity index (χ1) is 15.8. The maximum Gasteiger partial charge on any atom is 0.253 e. The van der Waals surface area contributed by atoms with E-state index in [1.807, 2.05) is 11.0 Å². The molecular weight excluding hydrogens is 436 g/mol. The van der Waals surface area contributed by atoms with Crippen molar-refractivity contribution in [3.63, 3.8) is 0 Å². The minimum absolute atomic E-state index is 0.113. The van der Waals surface area contributed by atoms with Crippen LogP contribution in [0.25, 0.3) is 11.3 Å². The molecule has 9 heteroatoms. The smallest absolute Gasteiger partial charge is 0.253 e. The number of fused-ring (bicyclic) bond motifs is 1. The number of hydrogen-bond acceptors (Lipinski definition) is 4. The highest BCUT2D eigenvalue weighted by atomic mass is 19.3. The largest absolute Gasteiger partial charge is 0.370 e. The van der Waals surface area contributed by atoms with Crippen LogP contribution in [-0.4, -0.2) is 34.9 Å². The number of amides is 1. The van der Waals surface area contributed by atoms with Crippen molar-refractivity contribution in [1.82, 2.24) is 15.3 Å². The average molecular weight is 456 g/mol. The van der Waals surface area contributed by atoms with Crippen molar-refractivity contribution in [2.75, 3.05) is 18.0 Å². The molecule has 0 bridgehead atoms. The second-order valence-electron chi connectivity index (χ2n) is 8.30. The third-order valence-corrected chi connectivity index (χ3v) is 6.08. The lowest BCUT2D eigenvalue weighted by Crippen LogP contribution is -2.39. The minimum atomic E-state index is -2.62. The molecule has 2 aromatic heterocycles. The normalized spacial score (nSPS) is 17.1. The molecule has 0 aliphatic carbocycles. The van der Waals surface area contributed by atoms with Gasteiger partial charge in [-0.05, 0) is 35.9 Å². The number of anilines is 1. The second kappa shape index (κ2) is 8.13. The van der Waals surface area contributed by atoms with Crippen molar-refractivity contribution in [2.45, 2.75) is 31.7 Å². The molecular formula is C24H20F4N4O. The number of aromatic nitrogens is 2. The fourth-order valence-electron chi connectivity index (χ4n) is 4.32. The Balaban J connectivity index is 1.45. The summed E-state index contributed by atoms with van der Waals surface area (Å²) < 4.78 is 55.6. The molecule has 0 atom stereocenters. The monoisotopic (exact) mass is 456 g/mol. The molecule has 4 heterocycles. The fraction of sp³-hybridized carbons (Fsp3) is 0.292. The first-order valence-corrected chi connectivity index (χ1v) is 10.6. The highest BCUT2D eigenvalue weighted by Gasteiger charge is 2.34. The number of benzene rings is 1. The lowest BCUT2D eigenvalue weighted by molar-refractivity contribution is -0.0220. The Kier molecular flexibility index (Phi) is 5.26. The second-order valence-corrected chi connectivity index (χ2v) is 8.30. The average Bonchev–Trinajstić information content (AvgIpc) is 3.15. The van der Waals surface area contributed by atoms with Gasteiger partial charge in [0.1, 0.15) is 11.6 Å². The van der Waals surface area contributed by atoms with Crippen LogP contribution in [0.4, 0.5) is 23.2 Å². The van der Waals surface area contributed by atoms with Crippen LogP contribution in [0.1, 0.15) is 40.2 Å². The molecule has 0 spiro atoms. The highest BCUT2D eigenvalue weighted by Crippen LogP contribution is 2.32. The Hall–Kier alpha value is -3.49. The van der Waals surface area contributed by atoms with Gasteiger partial charge in [-0.25, -0.2) is 22.5 Å². The summed E-state index contributed by atoms with van der Waals surface area (Å²) in [6, 6.07) is 8.70. The summed E-state index contributed by atoms with van der Waals surface area (Å²) in [6.07, 6.45) is 1.49. The zero-order valence-corrected chi connectivity index (χ0v) is 17.5. The predicted octanol–water partition coefficient (Wildman–Crippen LogP) is 4.49. The molecule has 1 fully saturated rings. The Bertz CT molecular complexity index is 1200. The van der Waals surface area contributed by atoms with Gasteiger partial charge in [-0.15, -0.1) is 0 Å². The van der Waals surface area contributed by atoms with Gasteiger partial charge < -0.3 is 10.2 Å². The molecule has 1 amide bonds. The van der Waals surface area contributed by atoms with Gasteiger partial charge in [0.2, 0.25) is 0 Å². The molecule has 1 aromatic carbocycles. The number of nitrogens with one attached hydrogen (secondary N) is 1. The molecule has 0 unspecified atom stereocenters. The quantitative estimate of drug-likeness (QED) is 0.588. The predicted molar refractivity (Wildman–Crippen MR) is 114 cm³/mol. The van der Waals surface area contributed by atoms with Crippen molar-refractivity contribution < 1.29 is 22.4 Å².